The minimum absolute atomic E-state index is 0.280. The smallest absolute Gasteiger partial charge is 0.122 e. The first kappa shape index (κ1) is 28.6. The van der Waals surface area contributed by atoms with Crippen molar-refractivity contribution in [1.29, 1.82) is 0 Å². The SMILES string of the molecule is OCCCCCNCc1ccc(OCCOc2ccc(CNCc3c4ccccc4cc4ccccc34)cc2)cc1. The highest BCUT2D eigenvalue weighted by atomic mass is 16.5. The summed E-state index contributed by atoms with van der Waals surface area (Å²) in [7, 11) is 0. The molecule has 0 atom stereocenters. The third-order valence-electron chi connectivity index (χ3n) is 7.32. The second kappa shape index (κ2) is 15.2. The first-order valence-electron chi connectivity index (χ1n) is 14.7. The van der Waals surface area contributed by atoms with Gasteiger partial charge in [-0.3, -0.25) is 0 Å². The van der Waals surface area contributed by atoms with Crippen LogP contribution < -0.4 is 20.1 Å². The maximum absolute atomic E-state index is 8.83. The largest absolute Gasteiger partial charge is 0.490 e. The average Bonchev–Trinajstić information content (AvgIpc) is 3.02. The van der Waals surface area contributed by atoms with Gasteiger partial charge in [0.2, 0.25) is 0 Å². The molecule has 0 fully saturated rings. The quantitative estimate of drug-likeness (QED) is 0.0916. The van der Waals surface area contributed by atoms with Crippen molar-refractivity contribution in [1.82, 2.24) is 10.6 Å². The zero-order valence-corrected chi connectivity index (χ0v) is 23.6. The van der Waals surface area contributed by atoms with Gasteiger partial charge in [0, 0.05) is 26.2 Å². The van der Waals surface area contributed by atoms with Crippen molar-refractivity contribution < 1.29 is 14.6 Å². The molecule has 0 aromatic heterocycles. The van der Waals surface area contributed by atoms with E-state index >= 15 is 0 Å². The van der Waals surface area contributed by atoms with Gasteiger partial charge in [-0.25, -0.2) is 0 Å². The van der Waals surface area contributed by atoms with Gasteiger partial charge < -0.3 is 25.2 Å². The molecule has 0 spiro atoms. The molecule has 0 radical (unpaired) electrons. The third-order valence-corrected chi connectivity index (χ3v) is 7.32. The highest BCUT2D eigenvalue weighted by Crippen LogP contribution is 2.28. The average molecular weight is 549 g/mol. The van der Waals surface area contributed by atoms with Crippen LogP contribution in [0.1, 0.15) is 36.0 Å². The lowest BCUT2D eigenvalue weighted by molar-refractivity contribution is 0.217. The number of fused-ring (bicyclic) bond motifs is 2. The Hall–Kier alpha value is -3.90. The Kier molecular flexibility index (Phi) is 10.6. The Morgan fingerprint density at radius 3 is 1.63 bits per heavy atom. The Balaban J connectivity index is 1.03. The summed E-state index contributed by atoms with van der Waals surface area (Å²) < 4.78 is 11.8. The van der Waals surface area contributed by atoms with Crippen molar-refractivity contribution in [3.8, 4) is 11.5 Å². The summed E-state index contributed by atoms with van der Waals surface area (Å²) in [6, 6.07) is 36.0. The standard InChI is InChI=1S/C36H40N2O3/c39-21-7-1-6-20-37-25-28-12-16-32(17-13-28)40-22-23-41-33-18-14-29(15-19-33)26-38-27-36-34-10-4-2-8-30(34)24-31-9-3-5-11-35(31)36/h2-5,8-19,24,37-39H,1,6-7,20-23,25-27H2. The number of unbranched alkanes of at least 4 members (excludes halogenated alkanes) is 2. The van der Waals surface area contributed by atoms with Crippen molar-refractivity contribution in [3.05, 3.63) is 120 Å². The van der Waals surface area contributed by atoms with E-state index in [2.05, 4.69) is 89.5 Å². The molecule has 0 aliphatic rings. The molecule has 0 aliphatic heterocycles. The van der Waals surface area contributed by atoms with E-state index in [1.54, 1.807) is 0 Å². The molecule has 5 aromatic carbocycles. The minimum Gasteiger partial charge on any atom is -0.490 e. The van der Waals surface area contributed by atoms with Crippen LogP contribution in [0.15, 0.2) is 103 Å². The van der Waals surface area contributed by atoms with Crippen molar-refractivity contribution in [2.75, 3.05) is 26.4 Å². The number of aliphatic hydroxyl groups is 1. The lowest BCUT2D eigenvalue weighted by atomic mass is 9.97. The van der Waals surface area contributed by atoms with Crippen LogP contribution in [0.4, 0.5) is 0 Å². The summed E-state index contributed by atoms with van der Waals surface area (Å²) in [5, 5.41) is 21.1. The van der Waals surface area contributed by atoms with Crippen molar-refractivity contribution in [2.45, 2.75) is 38.9 Å². The summed E-state index contributed by atoms with van der Waals surface area (Å²) in [5.74, 6) is 1.69. The molecule has 212 valence electrons. The predicted molar refractivity (Wildman–Crippen MR) is 169 cm³/mol. The molecule has 0 saturated carbocycles. The van der Waals surface area contributed by atoms with Crippen LogP contribution in [-0.4, -0.2) is 31.5 Å². The monoisotopic (exact) mass is 548 g/mol. The number of aliphatic hydroxyl groups excluding tert-OH is 1. The van der Waals surface area contributed by atoms with Gasteiger partial charge in [-0.15, -0.1) is 0 Å². The predicted octanol–water partition coefficient (Wildman–Crippen LogP) is 6.99. The fourth-order valence-electron chi connectivity index (χ4n) is 5.13. The highest BCUT2D eigenvalue weighted by molar-refractivity contribution is 6.02. The number of ether oxygens (including phenoxy) is 2. The normalized spacial score (nSPS) is 11.2. The van der Waals surface area contributed by atoms with E-state index in [0.717, 1.165) is 56.9 Å². The van der Waals surface area contributed by atoms with Gasteiger partial charge >= 0.3 is 0 Å². The van der Waals surface area contributed by atoms with Crippen LogP contribution in [0.25, 0.3) is 21.5 Å². The Labute approximate surface area is 243 Å². The lowest BCUT2D eigenvalue weighted by Crippen LogP contribution is -2.14. The zero-order valence-electron chi connectivity index (χ0n) is 23.6. The summed E-state index contributed by atoms with van der Waals surface area (Å²) >= 11 is 0. The summed E-state index contributed by atoms with van der Waals surface area (Å²) in [6.07, 6.45) is 3.03. The van der Waals surface area contributed by atoms with Crippen molar-refractivity contribution >= 4 is 21.5 Å². The Bertz CT molecular complexity index is 1450. The van der Waals surface area contributed by atoms with E-state index in [9.17, 15) is 0 Å². The molecule has 5 heteroatoms. The maximum Gasteiger partial charge on any atom is 0.122 e. The molecular weight excluding hydrogens is 508 g/mol. The maximum atomic E-state index is 8.83. The number of benzene rings is 5. The highest BCUT2D eigenvalue weighted by Gasteiger charge is 2.07. The fourth-order valence-corrected chi connectivity index (χ4v) is 5.13. The summed E-state index contributed by atoms with van der Waals surface area (Å²) in [4.78, 5) is 0. The van der Waals surface area contributed by atoms with E-state index in [-0.39, 0.29) is 6.61 Å². The fraction of sp³-hybridized carbons (Fsp3) is 0.278. The molecule has 0 aliphatic carbocycles. The van der Waals surface area contributed by atoms with E-state index in [0.29, 0.717) is 13.2 Å². The first-order valence-corrected chi connectivity index (χ1v) is 14.7. The molecule has 0 saturated heterocycles. The first-order chi connectivity index (χ1) is 20.3. The van der Waals surface area contributed by atoms with Gasteiger partial charge in [0.15, 0.2) is 0 Å². The van der Waals surface area contributed by atoms with Gasteiger partial charge in [-0.1, -0.05) is 72.8 Å². The van der Waals surface area contributed by atoms with Crippen molar-refractivity contribution in [3.63, 3.8) is 0 Å². The van der Waals surface area contributed by atoms with Crippen LogP contribution in [-0.2, 0) is 19.6 Å². The second-order valence-electron chi connectivity index (χ2n) is 10.3. The van der Waals surface area contributed by atoms with E-state index < -0.39 is 0 Å². The van der Waals surface area contributed by atoms with Gasteiger partial charge in [-0.05, 0) is 94.4 Å². The van der Waals surface area contributed by atoms with Crippen LogP contribution in [0.3, 0.4) is 0 Å². The molecule has 0 bridgehead atoms. The molecule has 5 aromatic rings. The van der Waals surface area contributed by atoms with Gasteiger partial charge in [0.1, 0.15) is 24.7 Å². The van der Waals surface area contributed by atoms with Crippen molar-refractivity contribution in [2.24, 2.45) is 0 Å². The van der Waals surface area contributed by atoms with Gasteiger partial charge in [0.25, 0.3) is 0 Å². The number of rotatable bonds is 16. The van der Waals surface area contributed by atoms with Crippen LogP contribution in [0.5, 0.6) is 11.5 Å². The molecule has 41 heavy (non-hydrogen) atoms. The zero-order chi connectivity index (χ0) is 28.1. The van der Waals surface area contributed by atoms with E-state index in [1.165, 1.54) is 38.2 Å². The Morgan fingerprint density at radius 1 is 0.537 bits per heavy atom. The van der Waals surface area contributed by atoms with Gasteiger partial charge in [0.05, 0.1) is 0 Å². The molecule has 3 N–H and O–H groups in total. The second-order valence-corrected chi connectivity index (χ2v) is 10.3. The van der Waals surface area contributed by atoms with Crippen LogP contribution in [0.2, 0.25) is 0 Å². The lowest BCUT2D eigenvalue weighted by Gasteiger charge is -2.13. The minimum atomic E-state index is 0.280. The molecule has 0 heterocycles. The molecule has 5 rings (SSSR count). The number of hydrogen-bond donors (Lipinski definition) is 3. The van der Waals surface area contributed by atoms with E-state index in [1.807, 2.05) is 24.3 Å². The topological polar surface area (TPSA) is 62.8 Å². The van der Waals surface area contributed by atoms with Gasteiger partial charge in [-0.2, -0.15) is 0 Å². The number of nitrogens with one attached hydrogen (secondary N) is 2. The summed E-state index contributed by atoms with van der Waals surface area (Å²) in [5.41, 5.74) is 3.80. The molecular formula is C36H40N2O3. The third kappa shape index (κ3) is 8.30. The van der Waals surface area contributed by atoms with Crippen LogP contribution >= 0.6 is 0 Å². The Morgan fingerprint density at radius 2 is 1.07 bits per heavy atom. The van der Waals surface area contributed by atoms with E-state index in [4.69, 9.17) is 14.6 Å². The molecule has 5 nitrogen and oxygen atoms in total. The molecule has 0 amide bonds. The van der Waals surface area contributed by atoms with Crippen LogP contribution in [0, 0.1) is 0 Å². The summed E-state index contributed by atoms with van der Waals surface area (Å²) in [6.45, 7) is 4.66. The molecule has 0 unspecified atom stereocenters. The number of hydrogen-bond acceptors (Lipinski definition) is 5.